The first-order valence-electron chi connectivity index (χ1n) is 10.0. The Labute approximate surface area is 195 Å². The molecule has 1 fully saturated rings. The van der Waals surface area contributed by atoms with Gasteiger partial charge in [-0.05, 0) is 54.7 Å². The van der Waals surface area contributed by atoms with E-state index < -0.39 is 26.9 Å². The second kappa shape index (κ2) is 8.61. The Morgan fingerprint density at radius 1 is 1.06 bits per heavy atom. The lowest BCUT2D eigenvalue weighted by Gasteiger charge is -2.24. The molecule has 0 spiro atoms. The van der Waals surface area contributed by atoms with Gasteiger partial charge in [-0.2, -0.15) is 4.72 Å². The van der Waals surface area contributed by atoms with Gasteiger partial charge in [-0.15, -0.1) is 11.3 Å². The van der Waals surface area contributed by atoms with E-state index >= 15 is 0 Å². The molecule has 1 unspecified atom stereocenters. The number of carboxylic acids is 1. The molecule has 1 heterocycles. The summed E-state index contributed by atoms with van der Waals surface area (Å²) in [5.74, 6) is -1.22. The molecule has 3 aromatic rings. The molecular weight excluding hydrogens is 470 g/mol. The minimum Gasteiger partial charge on any atom is -0.480 e. The number of sulfonamides is 1. The highest BCUT2D eigenvalue weighted by molar-refractivity contribution is 7.91. The Kier molecular flexibility index (Phi) is 6.17. The van der Waals surface area contributed by atoms with Crippen molar-refractivity contribution in [1.82, 2.24) is 4.72 Å². The molecule has 0 saturated heterocycles. The fourth-order valence-electron chi connectivity index (χ4n) is 4.31. The first kappa shape index (κ1) is 22.9. The SMILES string of the molecule is O=C(O)C1(NS(=O)(=O)c2ccc(-c3ccc(Cl)cc3)s2)C[C@@]1(CCCO)c1ccccc1. The van der Waals surface area contributed by atoms with Gasteiger partial charge in [-0.3, -0.25) is 4.79 Å². The number of halogens is 1. The highest BCUT2D eigenvalue weighted by atomic mass is 35.5. The number of aliphatic carboxylic acids is 1. The lowest BCUT2D eigenvalue weighted by molar-refractivity contribution is -0.140. The number of benzene rings is 2. The lowest BCUT2D eigenvalue weighted by Crippen LogP contribution is -2.48. The second-order valence-electron chi connectivity index (χ2n) is 7.89. The summed E-state index contributed by atoms with van der Waals surface area (Å²) in [5.41, 5.74) is -1.03. The van der Waals surface area contributed by atoms with E-state index in [-0.39, 0.29) is 17.2 Å². The number of aliphatic hydroxyl groups is 1. The standard InChI is InChI=1S/C23H22ClNO5S2/c24-18-9-7-16(8-10-18)19-11-12-20(31-19)32(29,30)25-23(21(27)28)15-22(23,13-4-14-26)17-5-2-1-3-6-17/h1-3,5-12,25-26H,4,13-15H2,(H,27,28)/t22-,23?/m0/s1. The molecule has 4 rings (SSSR count). The summed E-state index contributed by atoms with van der Waals surface area (Å²) in [6.45, 7) is -0.105. The molecule has 1 aliphatic rings. The van der Waals surface area contributed by atoms with E-state index in [9.17, 15) is 23.4 Å². The van der Waals surface area contributed by atoms with Gasteiger partial charge in [0.05, 0.1) is 0 Å². The maximum absolute atomic E-state index is 13.2. The number of carbonyl (C=O) groups is 1. The van der Waals surface area contributed by atoms with Crippen LogP contribution in [0.4, 0.5) is 0 Å². The molecule has 6 nitrogen and oxygen atoms in total. The quantitative estimate of drug-likeness (QED) is 0.414. The van der Waals surface area contributed by atoms with Crippen molar-refractivity contribution in [1.29, 1.82) is 0 Å². The molecule has 0 amide bonds. The van der Waals surface area contributed by atoms with Crippen molar-refractivity contribution in [3.63, 3.8) is 0 Å². The van der Waals surface area contributed by atoms with Gasteiger partial charge in [0, 0.05) is 21.9 Å². The molecular formula is C23H22ClNO5S2. The number of nitrogens with one attached hydrogen (secondary N) is 1. The molecule has 3 N–H and O–H groups in total. The highest BCUT2D eigenvalue weighted by Gasteiger charge is 2.74. The van der Waals surface area contributed by atoms with Crippen molar-refractivity contribution < 1.29 is 23.4 Å². The van der Waals surface area contributed by atoms with Crippen molar-refractivity contribution in [3.8, 4) is 10.4 Å². The molecule has 0 radical (unpaired) electrons. The summed E-state index contributed by atoms with van der Waals surface area (Å²) >= 11 is 6.99. The second-order valence-corrected chi connectivity index (χ2v) is 11.3. The molecule has 2 aromatic carbocycles. The van der Waals surface area contributed by atoms with Gasteiger partial charge in [0.2, 0.25) is 0 Å². The molecule has 9 heteroatoms. The smallest absolute Gasteiger partial charge is 0.325 e. The van der Waals surface area contributed by atoms with Crippen molar-refractivity contribution >= 4 is 38.9 Å². The summed E-state index contributed by atoms with van der Waals surface area (Å²) in [6, 6.07) is 19.2. The number of aliphatic hydroxyl groups excluding tert-OH is 1. The van der Waals surface area contributed by atoms with Crippen LogP contribution < -0.4 is 4.72 Å². The topological polar surface area (TPSA) is 104 Å². The Hall–Kier alpha value is -2.23. The minimum absolute atomic E-state index is 0.0408. The van der Waals surface area contributed by atoms with E-state index in [1.165, 1.54) is 6.07 Å². The molecule has 168 valence electrons. The summed E-state index contributed by atoms with van der Waals surface area (Å²) in [6.07, 6.45) is 0.835. The van der Waals surface area contributed by atoms with Crippen LogP contribution in [0.2, 0.25) is 5.02 Å². The molecule has 32 heavy (non-hydrogen) atoms. The maximum atomic E-state index is 13.2. The van der Waals surface area contributed by atoms with Crippen molar-refractivity contribution in [2.45, 2.75) is 34.4 Å². The molecule has 0 aliphatic heterocycles. The van der Waals surface area contributed by atoms with E-state index in [4.69, 9.17) is 11.6 Å². The Balaban J connectivity index is 1.67. The third-order valence-corrected chi connectivity index (χ3v) is 9.37. The summed E-state index contributed by atoms with van der Waals surface area (Å²) in [7, 11) is -4.10. The van der Waals surface area contributed by atoms with Gasteiger partial charge in [0.15, 0.2) is 0 Å². The van der Waals surface area contributed by atoms with Crippen molar-refractivity contribution in [2.75, 3.05) is 6.61 Å². The van der Waals surface area contributed by atoms with Crippen LogP contribution in [0.3, 0.4) is 0 Å². The predicted molar refractivity (Wildman–Crippen MR) is 125 cm³/mol. The van der Waals surface area contributed by atoms with Crippen LogP contribution in [0.25, 0.3) is 10.4 Å². The zero-order valence-electron chi connectivity index (χ0n) is 17.0. The van der Waals surface area contributed by atoms with Crippen LogP contribution in [0, 0.1) is 0 Å². The van der Waals surface area contributed by atoms with Crippen LogP contribution in [-0.2, 0) is 20.2 Å². The number of hydrogen-bond acceptors (Lipinski definition) is 5. The van der Waals surface area contributed by atoms with Gasteiger partial charge in [-0.1, -0.05) is 54.1 Å². The van der Waals surface area contributed by atoms with Crippen LogP contribution in [0.1, 0.15) is 24.8 Å². The molecule has 1 aromatic heterocycles. The Morgan fingerprint density at radius 2 is 1.75 bits per heavy atom. The summed E-state index contributed by atoms with van der Waals surface area (Å²) < 4.78 is 29.1. The third-order valence-electron chi connectivity index (χ3n) is 6.00. The van der Waals surface area contributed by atoms with Gasteiger partial charge >= 0.3 is 5.97 Å². The van der Waals surface area contributed by atoms with Crippen LogP contribution in [0.15, 0.2) is 70.9 Å². The van der Waals surface area contributed by atoms with E-state index in [0.717, 1.165) is 27.3 Å². The van der Waals surface area contributed by atoms with Gasteiger partial charge < -0.3 is 10.2 Å². The Bertz CT molecular complexity index is 1230. The van der Waals surface area contributed by atoms with Gasteiger partial charge in [0.25, 0.3) is 10.0 Å². The summed E-state index contributed by atoms with van der Waals surface area (Å²) in [4.78, 5) is 13.1. The third kappa shape index (κ3) is 3.97. The van der Waals surface area contributed by atoms with E-state index in [0.29, 0.717) is 17.9 Å². The highest BCUT2D eigenvalue weighted by Crippen LogP contribution is 2.61. The van der Waals surface area contributed by atoms with E-state index in [1.54, 1.807) is 54.6 Å². The average molecular weight is 492 g/mol. The van der Waals surface area contributed by atoms with Crippen LogP contribution >= 0.6 is 22.9 Å². The zero-order valence-corrected chi connectivity index (χ0v) is 19.4. The van der Waals surface area contributed by atoms with Gasteiger partial charge in [0.1, 0.15) is 9.75 Å². The van der Waals surface area contributed by atoms with E-state index in [2.05, 4.69) is 4.72 Å². The first-order chi connectivity index (χ1) is 15.2. The molecule has 1 aliphatic carbocycles. The first-order valence-corrected chi connectivity index (χ1v) is 12.7. The summed E-state index contributed by atoms with van der Waals surface area (Å²) in [5, 5.41) is 20.1. The fourth-order valence-corrected chi connectivity index (χ4v) is 7.18. The number of thiophene rings is 1. The van der Waals surface area contributed by atoms with E-state index in [1.807, 2.05) is 6.07 Å². The maximum Gasteiger partial charge on any atom is 0.325 e. The zero-order chi connectivity index (χ0) is 23.0. The van der Waals surface area contributed by atoms with Crippen LogP contribution in [-0.4, -0.2) is 36.7 Å². The minimum atomic E-state index is -4.10. The average Bonchev–Trinajstić information content (AvgIpc) is 3.15. The van der Waals surface area contributed by atoms with Gasteiger partial charge in [-0.25, -0.2) is 8.42 Å². The molecule has 0 bridgehead atoms. The van der Waals surface area contributed by atoms with Crippen molar-refractivity contribution in [3.05, 3.63) is 77.3 Å². The predicted octanol–water partition coefficient (Wildman–Crippen LogP) is 4.28. The molecule has 1 saturated carbocycles. The number of carboxylic acid groups (broad SMARTS) is 1. The normalized spacial score (nSPS) is 22.6. The fraction of sp³-hybridized carbons (Fsp3) is 0.261. The monoisotopic (exact) mass is 491 g/mol. The number of rotatable bonds is 9. The Morgan fingerprint density at radius 3 is 2.38 bits per heavy atom. The molecule has 2 atom stereocenters. The lowest BCUT2D eigenvalue weighted by atomic mass is 9.86. The largest absolute Gasteiger partial charge is 0.480 e. The van der Waals surface area contributed by atoms with Crippen molar-refractivity contribution in [2.24, 2.45) is 0 Å². The van der Waals surface area contributed by atoms with Crippen LogP contribution in [0.5, 0.6) is 0 Å². The number of hydrogen-bond donors (Lipinski definition) is 3.